The Morgan fingerprint density at radius 3 is 2.52 bits per heavy atom. The van der Waals surface area contributed by atoms with Crippen LogP contribution in [0.4, 0.5) is 0 Å². The molecular formula is C20H27ClN2O2. The van der Waals surface area contributed by atoms with Crippen LogP contribution in [0.15, 0.2) is 54.6 Å². The van der Waals surface area contributed by atoms with Crippen LogP contribution in [0.25, 0.3) is 0 Å². The van der Waals surface area contributed by atoms with Gasteiger partial charge in [0.25, 0.3) is 0 Å². The van der Waals surface area contributed by atoms with Crippen molar-refractivity contribution < 1.29 is 9.84 Å². The van der Waals surface area contributed by atoms with Crippen LogP contribution in [0.2, 0.25) is 0 Å². The van der Waals surface area contributed by atoms with Crippen molar-refractivity contribution in [2.24, 2.45) is 0 Å². The lowest BCUT2D eigenvalue weighted by Crippen LogP contribution is -2.45. The minimum atomic E-state index is 0. The molecule has 1 heterocycles. The first kappa shape index (κ1) is 19.7. The maximum absolute atomic E-state index is 9.48. The number of ether oxygens (including phenoxy) is 1. The summed E-state index contributed by atoms with van der Waals surface area (Å²) in [5, 5.41) is 12.9. The summed E-state index contributed by atoms with van der Waals surface area (Å²) in [6, 6.07) is 18.7. The maximum atomic E-state index is 9.48. The molecule has 0 bridgehead atoms. The zero-order chi connectivity index (χ0) is 16.6. The van der Waals surface area contributed by atoms with Crippen molar-refractivity contribution in [3.8, 4) is 5.75 Å². The summed E-state index contributed by atoms with van der Waals surface area (Å²) in [5.41, 5.74) is 2.38. The molecule has 1 aliphatic heterocycles. The molecule has 0 aromatic heterocycles. The van der Waals surface area contributed by atoms with Gasteiger partial charge in [-0.3, -0.25) is 4.90 Å². The summed E-state index contributed by atoms with van der Waals surface area (Å²) in [5.74, 6) is 0.884. The first-order valence-corrected chi connectivity index (χ1v) is 8.69. The summed E-state index contributed by atoms with van der Waals surface area (Å²) in [7, 11) is 0. The second kappa shape index (κ2) is 10.4. The van der Waals surface area contributed by atoms with Gasteiger partial charge in [0.15, 0.2) is 0 Å². The Morgan fingerprint density at radius 2 is 1.80 bits per heavy atom. The molecule has 5 heteroatoms. The molecule has 0 amide bonds. The average molecular weight is 363 g/mol. The Kier molecular flexibility index (Phi) is 8.22. The highest BCUT2D eigenvalue weighted by Crippen LogP contribution is 2.27. The molecule has 0 radical (unpaired) electrons. The molecule has 0 aliphatic carbocycles. The third-order valence-electron chi connectivity index (χ3n) is 4.49. The Labute approximate surface area is 156 Å². The van der Waals surface area contributed by atoms with E-state index in [0.717, 1.165) is 43.9 Å². The van der Waals surface area contributed by atoms with Crippen molar-refractivity contribution in [3.05, 3.63) is 65.7 Å². The molecular weight excluding hydrogens is 336 g/mol. The lowest BCUT2D eigenvalue weighted by atomic mass is 10.0. The van der Waals surface area contributed by atoms with Crippen molar-refractivity contribution in [1.29, 1.82) is 0 Å². The quantitative estimate of drug-likeness (QED) is 0.794. The number of halogens is 1. The van der Waals surface area contributed by atoms with Gasteiger partial charge in [-0.15, -0.1) is 12.4 Å². The van der Waals surface area contributed by atoms with Crippen molar-refractivity contribution in [1.82, 2.24) is 10.2 Å². The second-order valence-corrected chi connectivity index (χ2v) is 6.16. The molecule has 136 valence electrons. The van der Waals surface area contributed by atoms with Gasteiger partial charge in [0.1, 0.15) is 12.4 Å². The van der Waals surface area contributed by atoms with Gasteiger partial charge in [-0.05, 0) is 29.7 Å². The lowest BCUT2D eigenvalue weighted by molar-refractivity contribution is 0.141. The number of hydrogen-bond acceptors (Lipinski definition) is 4. The predicted molar refractivity (Wildman–Crippen MR) is 103 cm³/mol. The number of nitrogens with one attached hydrogen (secondary N) is 1. The number of nitrogens with zero attached hydrogens (tertiary/aromatic N) is 1. The Bertz CT molecular complexity index is 618. The highest BCUT2D eigenvalue weighted by Gasteiger charge is 2.22. The Balaban J connectivity index is 0.00000225. The number of aliphatic hydroxyl groups excluding tert-OH is 1. The van der Waals surface area contributed by atoms with E-state index in [9.17, 15) is 5.11 Å². The van der Waals surface area contributed by atoms with Crippen LogP contribution in [0.1, 0.15) is 23.6 Å². The Hall–Kier alpha value is -1.59. The highest BCUT2D eigenvalue weighted by atomic mass is 35.5. The van der Waals surface area contributed by atoms with Crippen molar-refractivity contribution in [3.63, 3.8) is 0 Å². The van der Waals surface area contributed by atoms with Crippen LogP contribution in [-0.2, 0) is 6.61 Å². The van der Waals surface area contributed by atoms with Crippen LogP contribution < -0.4 is 10.1 Å². The van der Waals surface area contributed by atoms with Gasteiger partial charge in [-0.25, -0.2) is 0 Å². The minimum Gasteiger partial charge on any atom is -0.489 e. The van der Waals surface area contributed by atoms with Gasteiger partial charge >= 0.3 is 0 Å². The third-order valence-corrected chi connectivity index (χ3v) is 4.49. The summed E-state index contributed by atoms with van der Waals surface area (Å²) >= 11 is 0. The molecule has 25 heavy (non-hydrogen) atoms. The topological polar surface area (TPSA) is 44.7 Å². The van der Waals surface area contributed by atoms with Crippen LogP contribution in [0.3, 0.4) is 0 Å². The number of rotatable bonds is 7. The molecule has 0 spiro atoms. The molecule has 4 nitrogen and oxygen atoms in total. The van der Waals surface area contributed by atoms with E-state index in [1.165, 1.54) is 5.56 Å². The van der Waals surface area contributed by atoms with Gasteiger partial charge in [-0.2, -0.15) is 0 Å². The number of piperazine rings is 1. The summed E-state index contributed by atoms with van der Waals surface area (Å²) in [4.78, 5) is 2.45. The van der Waals surface area contributed by atoms with E-state index in [0.29, 0.717) is 6.61 Å². The monoisotopic (exact) mass is 362 g/mol. The average Bonchev–Trinajstić information content (AvgIpc) is 2.66. The first-order valence-electron chi connectivity index (χ1n) is 8.69. The van der Waals surface area contributed by atoms with E-state index >= 15 is 0 Å². The molecule has 2 aromatic carbocycles. The van der Waals surface area contributed by atoms with Crippen LogP contribution in [0, 0.1) is 0 Å². The van der Waals surface area contributed by atoms with Crippen LogP contribution in [-0.4, -0.2) is 42.8 Å². The minimum absolute atomic E-state index is 0. The van der Waals surface area contributed by atoms with Gasteiger partial charge in [0.2, 0.25) is 0 Å². The summed E-state index contributed by atoms with van der Waals surface area (Å²) in [6.07, 6.45) is 0.752. The fourth-order valence-electron chi connectivity index (χ4n) is 3.23. The van der Waals surface area contributed by atoms with Gasteiger partial charge < -0.3 is 15.2 Å². The molecule has 1 fully saturated rings. The fourth-order valence-corrected chi connectivity index (χ4v) is 3.23. The van der Waals surface area contributed by atoms with E-state index in [4.69, 9.17) is 4.74 Å². The molecule has 0 saturated carbocycles. The molecule has 2 N–H and O–H groups in total. The molecule has 1 aliphatic rings. The summed E-state index contributed by atoms with van der Waals surface area (Å²) < 4.78 is 5.95. The number of benzene rings is 2. The normalized spacial score (nSPS) is 16.0. The van der Waals surface area contributed by atoms with Gasteiger partial charge in [-0.1, -0.05) is 42.5 Å². The van der Waals surface area contributed by atoms with E-state index in [1.54, 1.807) is 0 Å². The van der Waals surface area contributed by atoms with E-state index in [1.807, 2.05) is 30.3 Å². The zero-order valence-corrected chi connectivity index (χ0v) is 15.3. The highest BCUT2D eigenvalue weighted by molar-refractivity contribution is 5.85. The van der Waals surface area contributed by atoms with Gasteiger partial charge in [0, 0.05) is 38.8 Å². The number of hydrogen-bond donors (Lipinski definition) is 2. The fraction of sp³-hybridized carbons (Fsp3) is 0.400. The van der Waals surface area contributed by atoms with E-state index < -0.39 is 0 Å². The third kappa shape index (κ3) is 5.72. The molecule has 1 saturated heterocycles. The maximum Gasteiger partial charge on any atom is 0.120 e. The van der Waals surface area contributed by atoms with E-state index in [-0.39, 0.29) is 25.1 Å². The second-order valence-electron chi connectivity index (χ2n) is 6.16. The number of aliphatic hydroxyl groups is 1. The molecule has 1 atom stereocenters. The summed E-state index contributed by atoms with van der Waals surface area (Å²) in [6.45, 7) is 4.81. The smallest absolute Gasteiger partial charge is 0.120 e. The SMILES string of the molecule is Cl.OCC[C@@H](c1cccc(OCc2ccccc2)c1)N1CCNCC1. The molecule has 3 rings (SSSR count). The van der Waals surface area contributed by atoms with Gasteiger partial charge in [0.05, 0.1) is 0 Å². The largest absolute Gasteiger partial charge is 0.489 e. The van der Waals surface area contributed by atoms with Crippen molar-refractivity contribution in [2.75, 3.05) is 32.8 Å². The van der Waals surface area contributed by atoms with Crippen LogP contribution >= 0.6 is 12.4 Å². The van der Waals surface area contributed by atoms with Crippen molar-refractivity contribution in [2.45, 2.75) is 19.1 Å². The standard InChI is InChI=1S/C20H26N2O2.ClH/c23-14-9-20(22-12-10-21-11-13-22)18-7-4-8-19(15-18)24-16-17-5-2-1-3-6-17;/h1-8,15,20-21,23H,9-14,16H2;1H/t20-;/m0./s1. The predicted octanol–water partition coefficient (Wildman–Crippen LogP) is 3.02. The Morgan fingerprint density at radius 1 is 1.04 bits per heavy atom. The van der Waals surface area contributed by atoms with E-state index in [2.05, 4.69) is 34.5 Å². The lowest BCUT2D eigenvalue weighted by Gasteiger charge is -2.35. The molecule has 0 unspecified atom stereocenters. The van der Waals surface area contributed by atoms with Crippen LogP contribution in [0.5, 0.6) is 5.75 Å². The van der Waals surface area contributed by atoms with Crippen molar-refractivity contribution >= 4 is 12.4 Å². The molecule has 2 aromatic rings. The zero-order valence-electron chi connectivity index (χ0n) is 14.4. The first-order chi connectivity index (χ1) is 11.9.